The molecule has 1 aromatic heterocycles. The number of rotatable bonds is 6. The number of hydrogen-bond donors (Lipinski definition) is 1. The molecule has 12 heteroatoms. The summed E-state index contributed by atoms with van der Waals surface area (Å²) in [4.78, 5) is 29.4. The SMILES string of the molecule is CC.CC.COc1cc2c(cc1OC)C(=O)N(Cc1c(Sc3c(Cl)cccc3Cl)cc(C(F)(F)F)[nH]c1=O)C2. The van der Waals surface area contributed by atoms with Crippen LogP contribution < -0.4 is 15.0 Å². The monoisotopic (exact) mass is 604 g/mol. The van der Waals surface area contributed by atoms with E-state index in [0.717, 1.165) is 17.8 Å². The van der Waals surface area contributed by atoms with Crippen molar-refractivity contribution >= 4 is 40.9 Å². The van der Waals surface area contributed by atoms with Crippen LogP contribution >= 0.6 is 35.0 Å². The molecule has 212 valence electrons. The number of methoxy groups -OCH3 is 2. The Morgan fingerprint density at radius 3 is 2.08 bits per heavy atom. The van der Waals surface area contributed by atoms with Crippen LogP contribution in [-0.4, -0.2) is 30.0 Å². The molecule has 6 nitrogen and oxygen atoms in total. The molecule has 39 heavy (non-hydrogen) atoms. The molecule has 0 atom stereocenters. The molecule has 1 amide bonds. The highest BCUT2D eigenvalue weighted by molar-refractivity contribution is 7.99. The number of benzene rings is 2. The fourth-order valence-corrected chi connectivity index (χ4v) is 5.30. The van der Waals surface area contributed by atoms with Crippen LogP contribution in [0.5, 0.6) is 11.5 Å². The molecule has 0 unspecified atom stereocenters. The molecule has 1 N–H and O–H groups in total. The van der Waals surface area contributed by atoms with Gasteiger partial charge in [0.15, 0.2) is 11.5 Å². The number of nitrogens with zero attached hydrogens (tertiary/aromatic N) is 1. The zero-order valence-corrected chi connectivity index (χ0v) is 24.6. The van der Waals surface area contributed by atoms with Gasteiger partial charge in [-0.25, -0.2) is 0 Å². The zero-order valence-electron chi connectivity index (χ0n) is 22.3. The van der Waals surface area contributed by atoms with E-state index in [2.05, 4.69) is 0 Å². The van der Waals surface area contributed by atoms with Gasteiger partial charge in [0, 0.05) is 21.9 Å². The number of carbonyl (C=O) groups excluding carboxylic acids is 1. The van der Waals surface area contributed by atoms with E-state index in [1.54, 1.807) is 12.1 Å². The topological polar surface area (TPSA) is 71.6 Å². The quantitative estimate of drug-likeness (QED) is 0.308. The number of nitrogens with one attached hydrogen (secondary N) is 1. The molecule has 0 saturated heterocycles. The van der Waals surface area contributed by atoms with Crippen LogP contribution in [-0.2, 0) is 19.3 Å². The first kappa shape index (κ1) is 32.4. The third kappa shape index (κ3) is 7.23. The van der Waals surface area contributed by atoms with Crippen LogP contribution in [0.3, 0.4) is 0 Å². The average molecular weight is 606 g/mol. The second kappa shape index (κ2) is 14.0. The minimum absolute atomic E-state index is 0.0185. The molecule has 0 aliphatic carbocycles. The van der Waals surface area contributed by atoms with Crippen LogP contribution in [0.1, 0.15) is 54.9 Å². The molecule has 0 saturated carbocycles. The van der Waals surface area contributed by atoms with Gasteiger partial charge in [-0.2, -0.15) is 13.2 Å². The van der Waals surface area contributed by atoms with Crippen LogP contribution in [0.15, 0.2) is 51.0 Å². The Balaban J connectivity index is 0.00000127. The van der Waals surface area contributed by atoms with E-state index in [-0.39, 0.29) is 33.6 Å². The van der Waals surface area contributed by atoms with Gasteiger partial charge >= 0.3 is 6.18 Å². The number of amides is 1. The summed E-state index contributed by atoms with van der Waals surface area (Å²) in [5.74, 6) is 0.392. The average Bonchev–Trinajstić information content (AvgIpc) is 3.22. The van der Waals surface area contributed by atoms with E-state index in [1.807, 2.05) is 32.7 Å². The molecule has 2 aromatic carbocycles. The van der Waals surface area contributed by atoms with Gasteiger partial charge < -0.3 is 19.4 Å². The van der Waals surface area contributed by atoms with E-state index >= 15 is 0 Å². The molecule has 0 bridgehead atoms. The largest absolute Gasteiger partial charge is 0.493 e. The van der Waals surface area contributed by atoms with Gasteiger partial charge in [0.2, 0.25) is 0 Å². The number of fused-ring (bicyclic) bond motifs is 1. The lowest BCUT2D eigenvalue weighted by molar-refractivity contribution is -0.141. The number of aromatic amines is 1. The Kier molecular flexibility index (Phi) is 11.6. The summed E-state index contributed by atoms with van der Waals surface area (Å²) < 4.78 is 50.9. The Hall–Kier alpha value is -2.82. The predicted octanol–water partition coefficient (Wildman–Crippen LogP) is 8.08. The number of H-pyrrole nitrogens is 1. The van der Waals surface area contributed by atoms with Crippen LogP contribution in [0.4, 0.5) is 13.2 Å². The first-order valence-corrected chi connectivity index (χ1v) is 13.6. The number of hydrogen-bond acceptors (Lipinski definition) is 5. The predicted molar refractivity (Wildman–Crippen MR) is 148 cm³/mol. The van der Waals surface area contributed by atoms with Crippen molar-refractivity contribution in [3.63, 3.8) is 0 Å². The summed E-state index contributed by atoms with van der Waals surface area (Å²) in [6.45, 7) is 7.89. The van der Waals surface area contributed by atoms with E-state index in [1.165, 1.54) is 37.3 Å². The number of halogens is 5. The van der Waals surface area contributed by atoms with E-state index in [4.69, 9.17) is 32.7 Å². The molecule has 0 fully saturated rings. The number of pyridine rings is 1. The van der Waals surface area contributed by atoms with Gasteiger partial charge in [0.05, 0.1) is 36.4 Å². The van der Waals surface area contributed by atoms with Crippen molar-refractivity contribution in [3.8, 4) is 11.5 Å². The maximum absolute atomic E-state index is 13.4. The van der Waals surface area contributed by atoms with E-state index in [9.17, 15) is 22.8 Å². The van der Waals surface area contributed by atoms with E-state index in [0.29, 0.717) is 27.5 Å². The fraction of sp³-hybridized carbons (Fsp3) is 0.333. The van der Waals surface area contributed by atoms with Gasteiger partial charge in [-0.1, -0.05) is 68.7 Å². The Morgan fingerprint density at radius 2 is 1.54 bits per heavy atom. The third-order valence-electron chi connectivity index (χ3n) is 5.37. The van der Waals surface area contributed by atoms with E-state index < -0.39 is 23.3 Å². The highest BCUT2D eigenvalue weighted by Gasteiger charge is 2.35. The van der Waals surface area contributed by atoms with Gasteiger partial charge in [-0.3, -0.25) is 9.59 Å². The summed E-state index contributed by atoms with van der Waals surface area (Å²) in [7, 11) is 2.90. The number of aromatic nitrogens is 1. The second-order valence-electron chi connectivity index (χ2n) is 7.53. The molecule has 4 rings (SSSR count). The van der Waals surface area contributed by atoms with Crippen LogP contribution in [0, 0.1) is 0 Å². The molecule has 1 aliphatic heterocycles. The second-order valence-corrected chi connectivity index (χ2v) is 9.40. The molecular weight excluding hydrogens is 576 g/mol. The van der Waals surface area contributed by atoms with Crippen LogP contribution in [0.25, 0.3) is 0 Å². The van der Waals surface area contributed by atoms with Crippen molar-refractivity contribution in [1.82, 2.24) is 9.88 Å². The third-order valence-corrected chi connectivity index (χ3v) is 7.45. The van der Waals surface area contributed by atoms with Crippen molar-refractivity contribution in [2.24, 2.45) is 0 Å². The molecule has 2 heterocycles. The smallest absolute Gasteiger partial charge is 0.431 e. The van der Waals surface area contributed by atoms with Crippen molar-refractivity contribution in [3.05, 3.63) is 79.2 Å². The summed E-state index contributed by atoms with van der Waals surface area (Å²) in [5, 5.41) is 0.428. The van der Waals surface area contributed by atoms with Gasteiger partial charge in [-0.05, 0) is 35.9 Å². The maximum atomic E-state index is 13.4. The van der Waals surface area contributed by atoms with Crippen molar-refractivity contribution in [2.45, 2.75) is 56.8 Å². The first-order valence-electron chi connectivity index (χ1n) is 12.0. The normalized spacial score (nSPS) is 12.2. The summed E-state index contributed by atoms with van der Waals surface area (Å²) in [6.07, 6.45) is -4.79. The lowest BCUT2D eigenvalue weighted by Gasteiger charge is -2.19. The Labute approximate surface area is 239 Å². The maximum Gasteiger partial charge on any atom is 0.431 e. The highest BCUT2D eigenvalue weighted by Crippen LogP contribution is 2.42. The fourth-order valence-electron chi connectivity index (χ4n) is 3.66. The molecule has 0 radical (unpaired) electrons. The Bertz CT molecular complexity index is 1360. The molecule has 0 spiro atoms. The number of ether oxygens (including phenoxy) is 2. The van der Waals surface area contributed by atoms with Crippen molar-refractivity contribution in [1.29, 1.82) is 0 Å². The van der Waals surface area contributed by atoms with Crippen molar-refractivity contribution < 1.29 is 27.4 Å². The number of carbonyl (C=O) groups is 1. The zero-order chi connectivity index (χ0) is 29.5. The molecule has 3 aromatic rings. The molecular formula is C27H29Cl2F3N2O4S. The minimum Gasteiger partial charge on any atom is -0.493 e. The van der Waals surface area contributed by atoms with Crippen LogP contribution in [0.2, 0.25) is 10.0 Å². The standard InChI is InChI=1S/C23H17Cl2F3N2O4S.2C2H6/c1-33-16-6-11-9-30(22(32)12(11)7-17(16)34-2)10-13-18(8-19(23(26,27)28)29-21(13)31)35-20-14(24)4-3-5-15(20)25;2*1-2/h3-8H,9-10H2,1-2H3,(H,29,31);2*1-2H3. The van der Waals surface area contributed by atoms with Gasteiger partial charge in [0.1, 0.15) is 5.69 Å². The minimum atomic E-state index is -4.79. The first-order chi connectivity index (χ1) is 18.5. The van der Waals surface area contributed by atoms with Gasteiger partial charge in [-0.15, -0.1) is 0 Å². The lowest BCUT2D eigenvalue weighted by Crippen LogP contribution is -2.29. The number of alkyl halides is 3. The van der Waals surface area contributed by atoms with Gasteiger partial charge in [0.25, 0.3) is 11.5 Å². The summed E-state index contributed by atoms with van der Waals surface area (Å²) in [5.41, 5.74) is -1.22. The van der Waals surface area contributed by atoms with Crippen molar-refractivity contribution in [2.75, 3.05) is 14.2 Å². The Morgan fingerprint density at radius 1 is 0.974 bits per heavy atom. The lowest BCUT2D eigenvalue weighted by atomic mass is 10.1. The highest BCUT2D eigenvalue weighted by atomic mass is 35.5. The molecule has 1 aliphatic rings. The summed E-state index contributed by atoms with van der Waals surface area (Å²) in [6, 6.07) is 8.68. The summed E-state index contributed by atoms with van der Waals surface area (Å²) >= 11 is 13.3.